The van der Waals surface area contributed by atoms with Crippen LogP contribution in [0.15, 0.2) is 24.3 Å². The largest absolute Gasteiger partial charge is 0.375 e. The van der Waals surface area contributed by atoms with Crippen molar-refractivity contribution < 1.29 is 9.53 Å². The quantitative estimate of drug-likeness (QED) is 0.759. The van der Waals surface area contributed by atoms with Crippen LogP contribution in [-0.4, -0.2) is 18.0 Å². The Bertz CT molecular complexity index is 438. The van der Waals surface area contributed by atoms with Crippen molar-refractivity contribution in [1.29, 1.82) is 0 Å². The number of hydrogen-bond donors (Lipinski definition) is 0. The van der Waals surface area contributed by atoms with Crippen LogP contribution in [0, 0.1) is 12.8 Å². The SMILES string of the molecule is CC[C@]1(C)C[C@@H](C(=O)c2ccccc2C)CCO1. The van der Waals surface area contributed by atoms with Crippen molar-refractivity contribution in [1.82, 2.24) is 0 Å². The summed E-state index contributed by atoms with van der Waals surface area (Å²) in [5, 5.41) is 0. The number of benzene rings is 1. The number of ketones is 1. The molecule has 1 saturated heterocycles. The van der Waals surface area contributed by atoms with E-state index in [9.17, 15) is 4.79 Å². The van der Waals surface area contributed by atoms with Crippen molar-refractivity contribution in [2.45, 2.75) is 45.6 Å². The summed E-state index contributed by atoms with van der Waals surface area (Å²) in [6, 6.07) is 7.87. The van der Waals surface area contributed by atoms with E-state index in [0.717, 1.165) is 30.4 Å². The molecule has 1 aliphatic heterocycles. The van der Waals surface area contributed by atoms with Gasteiger partial charge in [-0.1, -0.05) is 31.2 Å². The molecule has 2 nitrogen and oxygen atoms in total. The van der Waals surface area contributed by atoms with Crippen LogP contribution in [0.5, 0.6) is 0 Å². The molecule has 0 N–H and O–H groups in total. The van der Waals surface area contributed by atoms with E-state index < -0.39 is 0 Å². The van der Waals surface area contributed by atoms with Crippen molar-refractivity contribution in [3.05, 3.63) is 35.4 Å². The first-order valence-corrected chi connectivity index (χ1v) is 6.79. The summed E-state index contributed by atoms with van der Waals surface area (Å²) in [4.78, 5) is 12.6. The van der Waals surface area contributed by atoms with E-state index in [-0.39, 0.29) is 17.3 Å². The first kappa shape index (κ1) is 13.3. The van der Waals surface area contributed by atoms with Gasteiger partial charge in [-0.05, 0) is 38.7 Å². The average Bonchev–Trinajstić information content (AvgIpc) is 2.39. The lowest BCUT2D eigenvalue weighted by Crippen LogP contribution is -2.39. The molecule has 1 fully saturated rings. The maximum Gasteiger partial charge on any atom is 0.166 e. The molecule has 0 saturated carbocycles. The predicted octanol–water partition coefficient (Wildman–Crippen LogP) is 3.77. The lowest BCUT2D eigenvalue weighted by Gasteiger charge is -2.37. The fraction of sp³-hybridized carbons (Fsp3) is 0.562. The van der Waals surface area contributed by atoms with Gasteiger partial charge in [0.1, 0.15) is 0 Å². The van der Waals surface area contributed by atoms with Crippen LogP contribution in [0.25, 0.3) is 0 Å². The Hall–Kier alpha value is -1.15. The molecule has 98 valence electrons. The number of Topliss-reactive ketones (excluding diaryl/α,β-unsaturated/α-hetero) is 1. The molecular formula is C16H22O2. The maximum atomic E-state index is 12.6. The van der Waals surface area contributed by atoms with E-state index in [1.54, 1.807) is 0 Å². The maximum absolute atomic E-state index is 12.6. The zero-order valence-electron chi connectivity index (χ0n) is 11.5. The summed E-state index contributed by atoms with van der Waals surface area (Å²) in [6.07, 6.45) is 2.66. The van der Waals surface area contributed by atoms with Crippen LogP contribution in [0.1, 0.15) is 49.0 Å². The normalized spacial score (nSPS) is 28.1. The van der Waals surface area contributed by atoms with Crippen molar-refractivity contribution in [3.8, 4) is 0 Å². The monoisotopic (exact) mass is 246 g/mol. The molecule has 1 heterocycles. The number of aryl methyl sites for hydroxylation is 1. The highest BCUT2D eigenvalue weighted by Crippen LogP contribution is 2.33. The second-order valence-electron chi connectivity index (χ2n) is 5.52. The van der Waals surface area contributed by atoms with Crippen LogP contribution in [-0.2, 0) is 4.74 Å². The highest BCUT2D eigenvalue weighted by atomic mass is 16.5. The second kappa shape index (κ2) is 5.23. The van der Waals surface area contributed by atoms with Gasteiger partial charge in [0.2, 0.25) is 0 Å². The molecule has 0 aliphatic carbocycles. The first-order chi connectivity index (χ1) is 8.56. The summed E-state index contributed by atoms with van der Waals surface area (Å²) < 4.78 is 5.81. The minimum absolute atomic E-state index is 0.116. The molecule has 1 aromatic carbocycles. The van der Waals surface area contributed by atoms with Gasteiger partial charge in [0.15, 0.2) is 5.78 Å². The van der Waals surface area contributed by atoms with Crippen molar-refractivity contribution >= 4 is 5.78 Å². The van der Waals surface area contributed by atoms with Crippen molar-refractivity contribution in [2.24, 2.45) is 5.92 Å². The van der Waals surface area contributed by atoms with Gasteiger partial charge >= 0.3 is 0 Å². The topological polar surface area (TPSA) is 26.3 Å². The third-order valence-electron chi connectivity index (χ3n) is 4.12. The molecule has 2 heteroatoms. The summed E-state index contributed by atoms with van der Waals surface area (Å²) in [5.74, 6) is 0.404. The fourth-order valence-electron chi connectivity index (χ4n) is 2.67. The minimum Gasteiger partial charge on any atom is -0.375 e. The number of carbonyl (C=O) groups is 1. The van der Waals surface area contributed by atoms with E-state index in [2.05, 4.69) is 13.8 Å². The minimum atomic E-state index is -0.124. The van der Waals surface area contributed by atoms with Gasteiger partial charge in [-0.25, -0.2) is 0 Å². The van der Waals surface area contributed by atoms with Crippen LogP contribution in [0.3, 0.4) is 0 Å². The molecular weight excluding hydrogens is 224 g/mol. The van der Waals surface area contributed by atoms with Gasteiger partial charge in [0, 0.05) is 18.1 Å². The number of rotatable bonds is 3. The Kier molecular flexibility index (Phi) is 3.86. The van der Waals surface area contributed by atoms with Gasteiger partial charge in [-0.15, -0.1) is 0 Å². The fourth-order valence-corrected chi connectivity index (χ4v) is 2.67. The molecule has 0 aromatic heterocycles. The number of hydrogen-bond acceptors (Lipinski definition) is 2. The first-order valence-electron chi connectivity index (χ1n) is 6.79. The molecule has 0 amide bonds. The molecule has 1 aromatic rings. The zero-order valence-corrected chi connectivity index (χ0v) is 11.5. The van der Waals surface area contributed by atoms with Gasteiger partial charge in [0.25, 0.3) is 0 Å². The van der Waals surface area contributed by atoms with E-state index in [4.69, 9.17) is 4.74 Å². The highest BCUT2D eigenvalue weighted by Gasteiger charge is 2.35. The number of carbonyl (C=O) groups excluding carboxylic acids is 1. The average molecular weight is 246 g/mol. The Morgan fingerprint density at radius 3 is 2.83 bits per heavy atom. The molecule has 18 heavy (non-hydrogen) atoms. The van der Waals surface area contributed by atoms with E-state index in [0.29, 0.717) is 6.61 Å². The second-order valence-corrected chi connectivity index (χ2v) is 5.52. The Morgan fingerprint density at radius 2 is 2.17 bits per heavy atom. The summed E-state index contributed by atoms with van der Waals surface area (Å²) in [5.41, 5.74) is 1.83. The van der Waals surface area contributed by atoms with Crippen LogP contribution >= 0.6 is 0 Å². The van der Waals surface area contributed by atoms with Crippen molar-refractivity contribution in [3.63, 3.8) is 0 Å². The van der Waals surface area contributed by atoms with Gasteiger partial charge < -0.3 is 4.74 Å². The van der Waals surface area contributed by atoms with Gasteiger partial charge in [-0.2, -0.15) is 0 Å². The summed E-state index contributed by atoms with van der Waals surface area (Å²) >= 11 is 0. The van der Waals surface area contributed by atoms with Crippen LogP contribution in [0.4, 0.5) is 0 Å². The van der Waals surface area contributed by atoms with E-state index >= 15 is 0 Å². The predicted molar refractivity (Wildman–Crippen MR) is 72.9 cm³/mol. The smallest absolute Gasteiger partial charge is 0.166 e. The highest BCUT2D eigenvalue weighted by molar-refractivity contribution is 5.99. The van der Waals surface area contributed by atoms with E-state index in [1.807, 2.05) is 31.2 Å². The molecule has 2 atom stereocenters. The molecule has 2 rings (SSSR count). The standard InChI is InChI=1S/C16H22O2/c1-4-16(3)11-13(9-10-18-16)15(17)14-8-6-5-7-12(14)2/h5-8,13H,4,9-11H2,1-3H3/t13-,16+/m0/s1. The van der Waals surface area contributed by atoms with Crippen LogP contribution in [0.2, 0.25) is 0 Å². The Morgan fingerprint density at radius 1 is 1.44 bits per heavy atom. The molecule has 0 radical (unpaired) electrons. The Labute approximate surface area is 109 Å². The van der Waals surface area contributed by atoms with Crippen molar-refractivity contribution in [2.75, 3.05) is 6.61 Å². The number of ether oxygens (including phenoxy) is 1. The molecule has 0 bridgehead atoms. The third-order valence-corrected chi connectivity index (χ3v) is 4.12. The molecule has 1 aliphatic rings. The van der Waals surface area contributed by atoms with Gasteiger partial charge in [0.05, 0.1) is 5.60 Å². The zero-order chi connectivity index (χ0) is 13.2. The lowest BCUT2D eigenvalue weighted by atomic mass is 9.80. The molecule has 0 spiro atoms. The Balaban J connectivity index is 2.17. The van der Waals surface area contributed by atoms with Crippen LogP contribution < -0.4 is 0 Å². The summed E-state index contributed by atoms with van der Waals surface area (Å²) in [6.45, 7) is 6.95. The van der Waals surface area contributed by atoms with E-state index in [1.165, 1.54) is 0 Å². The lowest BCUT2D eigenvalue weighted by molar-refractivity contribution is -0.0811. The third kappa shape index (κ3) is 2.64. The summed E-state index contributed by atoms with van der Waals surface area (Å²) in [7, 11) is 0. The van der Waals surface area contributed by atoms with Gasteiger partial charge in [-0.3, -0.25) is 4.79 Å². The molecule has 0 unspecified atom stereocenters.